The number of para-hydroxylation sites is 1. The number of aromatic nitrogens is 2. The first kappa shape index (κ1) is 21.8. The summed E-state index contributed by atoms with van der Waals surface area (Å²) in [5.74, 6) is 2.06. The number of ether oxygens (including phenoxy) is 2. The second-order valence-electron chi connectivity index (χ2n) is 7.52. The van der Waals surface area contributed by atoms with Crippen molar-refractivity contribution in [3.05, 3.63) is 101 Å². The molecule has 0 aliphatic heterocycles. The summed E-state index contributed by atoms with van der Waals surface area (Å²) < 4.78 is 11.5. The second kappa shape index (κ2) is 9.78. The lowest BCUT2D eigenvalue weighted by Crippen LogP contribution is -2.03. The molecule has 8 nitrogen and oxygen atoms in total. The largest absolute Gasteiger partial charge is 0.457 e. The number of hydrogen-bond acceptors (Lipinski definition) is 7. The molecule has 0 atom stereocenters. The van der Waals surface area contributed by atoms with Gasteiger partial charge in [-0.2, -0.15) is 4.98 Å². The number of benzene rings is 3. The van der Waals surface area contributed by atoms with E-state index in [1.807, 2.05) is 42.5 Å². The Morgan fingerprint density at radius 1 is 0.818 bits per heavy atom. The normalized spacial score (nSPS) is 10.6. The van der Waals surface area contributed by atoms with Crippen molar-refractivity contribution >= 4 is 17.2 Å². The molecule has 1 aromatic heterocycles. The average molecular weight is 442 g/mol. The van der Waals surface area contributed by atoms with Gasteiger partial charge in [-0.25, -0.2) is 4.98 Å². The Balaban J connectivity index is 1.53. The minimum atomic E-state index is -0.562. The smallest absolute Gasteiger partial charge is 0.373 e. The van der Waals surface area contributed by atoms with Crippen molar-refractivity contribution in [1.82, 2.24) is 9.97 Å². The Morgan fingerprint density at radius 2 is 1.42 bits per heavy atom. The molecule has 33 heavy (non-hydrogen) atoms. The minimum Gasteiger partial charge on any atom is -0.457 e. The summed E-state index contributed by atoms with van der Waals surface area (Å²) in [6.07, 6.45) is 1.22. The number of hydrogen-bond donors (Lipinski definition) is 1. The Morgan fingerprint density at radius 3 is 2.06 bits per heavy atom. The zero-order valence-electron chi connectivity index (χ0n) is 18.1. The SMILES string of the molecule is CC(C)c1ccc(Oc2ncnc(Nc3ccc(Oc4ccccc4)cc3)c2[N+](=O)[O-])cc1. The quantitative estimate of drug-likeness (QED) is 0.236. The molecular weight excluding hydrogens is 420 g/mol. The highest BCUT2D eigenvalue weighted by Gasteiger charge is 2.25. The molecule has 0 fully saturated rings. The van der Waals surface area contributed by atoms with Gasteiger partial charge in [0, 0.05) is 5.69 Å². The highest BCUT2D eigenvalue weighted by atomic mass is 16.6. The van der Waals surface area contributed by atoms with Crippen molar-refractivity contribution in [2.75, 3.05) is 5.32 Å². The summed E-state index contributed by atoms with van der Waals surface area (Å²) >= 11 is 0. The molecule has 0 aliphatic carbocycles. The number of nitro groups is 1. The molecule has 0 saturated carbocycles. The van der Waals surface area contributed by atoms with Gasteiger partial charge in [0.15, 0.2) is 0 Å². The topological polar surface area (TPSA) is 99.4 Å². The lowest BCUT2D eigenvalue weighted by molar-refractivity contribution is -0.385. The lowest BCUT2D eigenvalue weighted by Gasteiger charge is -2.11. The van der Waals surface area contributed by atoms with Gasteiger partial charge < -0.3 is 14.8 Å². The highest BCUT2D eigenvalue weighted by Crippen LogP contribution is 2.36. The van der Waals surface area contributed by atoms with Crippen LogP contribution in [0.1, 0.15) is 25.3 Å². The highest BCUT2D eigenvalue weighted by molar-refractivity contribution is 5.69. The zero-order valence-corrected chi connectivity index (χ0v) is 18.1. The van der Waals surface area contributed by atoms with Crippen LogP contribution in [0.5, 0.6) is 23.1 Å². The Labute approximate surface area is 191 Å². The molecule has 0 saturated heterocycles. The monoisotopic (exact) mass is 442 g/mol. The first-order chi connectivity index (χ1) is 16.0. The van der Waals surface area contributed by atoms with E-state index in [2.05, 4.69) is 29.1 Å². The molecule has 8 heteroatoms. The van der Waals surface area contributed by atoms with E-state index in [1.54, 1.807) is 36.4 Å². The summed E-state index contributed by atoms with van der Waals surface area (Å²) in [7, 11) is 0. The van der Waals surface area contributed by atoms with Crippen molar-refractivity contribution in [2.45, 2.75) is 19.8 Å². The fourth-order valence-corrected chi connectivity index (χ4v) is 3.09. The van der Waals surface area contributed by atoms with E-state index in [4.69, 9.17) is 9.47 Å². The van der Waals surface area contributed by atoms with Crippen LogP contribution in [0.15, 0.2) is 85.2 Å². The van der Waals surface area contributed by atoms with Crippen LogP contribution in [0.2, 0.25) is 0 Å². The first-order valence-corrected chi connectivity index (χ1v) is 10.4. The van der Waals surface area contributed by atoms with Crippen LogP contribution in [0.3, 0.4) is 0 Å². The predicted octanol–water partition coefficient (Wildman–Crippen LogP) is 6.84. The second-order valence-corrected chi connectivity index (χ2v) is 7.52. The van der Waals surface area contributed by atoms with Crippen LogP contribution in [0, 0.1) is 10.1 Å². The summed E-state index contributed by atoms with van der Waals surface area (Å²) in [5, 5.41) is 14.8. The van der Waals surface area contributed by atoms with E-state index >= 15 is 0 Å². The summed E-state index contributed by atoms with van der Waals surface area (Å²) in [4.78, 5) is 19.3. The summed E-state index contributed by atoms with van der Waals surface area (Å²) in [6.45, 7) is 4.17. The molecule has 0 radical (unpaired) electrons. The van der Waals surface area contributed by atoms with Gasteiger partial charge in [-0.05, 0) is 60.0 Å². The van der Waals surface area contributed by atoms with Crippen molar-refractivity contribution in [2.24, 2.45) is 0 Å². The van der Waals surface area contributed by atoms with Gasteiger partial charge in [-0.3, -0.25) is 10.1 Å². The van der Waals surface area contributed by atoms with Gasteiger partial charge >= 0.3 is 11.6 Å². The third-order valence-electron chi connectivity index (χ3n) is 4.83. The van der Waals surface area contributed by atoms with E-state index in [1.165, 1.54) is 6.33 Å². The van der Waals surface area contributed by atoms with Crippen LogP contribution in [-0.4, -0.2) is 14.9 Å². The molecular formula is C25H22N4O4. The zero-order chi connectivity index (χ0) is 23.2. The number of anilines is 2. The third kappa shape index (κ3) is 5.43. The molecule has 4 rings (SSSR count). The van der Waals surface area contributed by atoms with Crippen molar-refractivity contribution in [3.63, 3.8) is 0 Å². The van der Waals surface area contributed by atoms with Crippen LogP contribution < -0.4 is 14.8 Å². The molecule has 0 amide bonds. The van der Waals surface area contributed by atoms with Gasteiger partial charge in [0.2, 0.25) is 5.82 Å². The van der Waals surface area contributed by atoms with Crippen molar-refractivity contribution in [1.29, 1.82) is 0 Å². The van der Waals surface area contributed by atoms with Crippen LogP contribution >= 0.6 is 0 Å². The van der Waals surface area contributed by atoms with Gasteiger partial charge in [-0.1, -0.05) is 44.2 Å². The van der Waals surface area contributed by atoms with Crippen molar-refractivity contribution in [3.8, 4) is 23.1 Å². The summed E-state index contributed by atoms with van der Waals surface area (Å²) in [6, 6.07) is 23.8. The fourth-order valence-electron chi connectivity index (χ4n) is 3.09. The lowest BCUT2D eigenvalue weighted by atomic mass is 10.0. The predicted molar refractivity (Wildman–Crippen MR) is 126 cm³/mol. The van der Waals surface area contributed by atoms with Crippen LogP contribution in [0.4, 0.5) is 17.2 Å². The molecule has 1 N–H and O–H groups in total. The number of rotatable bonds is 8. The summed E-state index contributed by atoms with van der Waals surface area (Å²) in [5.41, 5.74) is 1.39. The molecule has 0 aliphatic rings. The Kier molecular flexibility index (Phi) is 6.45. The maximum atomic E-state index is 11.8. The van der Waals surface area contributed by atoms with Gasteiger partial charge in [0.25, 0.3) is 0 Å². The third-order valence-corrected chi connectivity index (χ3v) is 4.83. The van der Waals surface area contributed by atoms with E-state index in [0.29, 0.717) is 28.9 Å². The molecule has 0 unspecified atom stereocenters. The standard InChI is InChI=1S/C25H22N4O4/c1-17(2)18-8-12-22(13-9-18)33-25-23(29(30)31)24(26-16-27-25)28-19-10-14-21(15-11-19)32-20-6-4-3-5-7-20/h3-17H,1-2H3,(H,26,27,28). The molecule has 3 aromatic carbocycles. The first-order valence-electron chi connectivity index (χ1n) is 10.4. The van der Waals surface area contributed by atoms with Crippen molar-refractivity contribution < 1.29 is 14.4 Å². The van der Waals surface area contributed by atoms with E-state index in [0.717, 1.165) is 5.56 Å². The Hall–Kier alpha value is -4.46. The Bertz CT molecular complexity index is 1230. The molecule has 0 spiro atoms. The number of nitrogens with zero attached hydrogens (tertiary/aromatic N) is 3. The van der Waals surface area contributed by atoms with E-state index in [9.17, 15) is 10.1 Å². The minimum absolute atomic E-state index is 0.0283. The van der Waals surface area contributed by atoms with Crippen LogP contribution in [0.25, 0.3) is 0 Å². The average Bonchev–Trinajstić information content (AvgIpc) is 2.81. The maximum absolute atomic E-state index is 11.8. The fraction of sp³-hybridized carbons (Fsp3) is 0.120. The van der Waals surface area contributed by atoms with Gasteiger partial charge in [0.05, 0.1) is 4.92 Å². The molecule has 166 valence electrons. The van der Waals surface area contributed by atoms with E-state index < -0.39 is 4.92 Å². The van der Waals surface area contributed by atoms with Gasteiger partial charge in [-0.15, -0.1) is 0 Å². The molecule has 0 bridgehead atoms. The van der Waals surface area contributed by atoms with Gasteiger partial charge in [0.1, 0.15) is 23.6 Å². The van der Waals surface area contributed by atoms with E-state index in [-0.39, 0.29) is 17.4 Å². The van der Waals surface area contributed by atoms with Crippen LogP contribution in [-0.2, 0) is 0 Å². The maximum Gasteiger partial charge on any atom is 0.373 e. The molecule has 4 aromatic rings. The molecule has 1 heterocycles. The number of nitrogens with one attached hydrogen (secondary N) is 1.